The zero-order valence-corrected chi connectivity index (χ0v) is 10.4. The van der Waals surface area contributed by atoms with Crippen LogP contribution in [0.1, 0.15) is 0 Å². The van der Waals surface area contributed by atoms with Gasteiger partial charge in [0, 0.05) is 11.8 Å². The van der Waals surface area contributed by atoms with Crippen LogP contribution in [-0.2, 0) is 0 Å². The topological polar surface area (TPSA) is 82.3 Å². The van der Waals surface area contributed by atoms with Crippen molar-refractivity contribution in [2.75, 3.05) is 12.5 Å². The molecule has 1 aliphatic rings. The molecule has 6 heteroatoms. The second kappa shape index (κ2) is 3.80. The second-order valence-electron chi connectivity index (χ2n) is 4.58. The van der Waals surface area contributed by atoms with Crippen molar-refractivity contribution in [1.82, 2.24) is 9.55 Å². The highest BCUT2D eigenvalue weighted by atomic mass is 16.7. The molecule has 0 bridgehead atoms. The summed E-state index contributed by atoms with van der Waals surface area (Å²) < 4.78 is 12.2. The Labute approximate surface area is 113 Å². The van der Waals surface area contributed by atoms with E-state index >= 15 is 0 Å². The normalized spacial score (nSPS) is 13.0. The zero-order valence-electron chi connectivity index (χ0n) is 10.4. The van der Waals surface area contributed by atoms with E-state index in [2.05, 4.69) is 4.98 Å². The third-order valence-electron chi connectivity index (χ3n) is 3.32. The molecule has 2 aromatic carbocycles. The standard InChI is InChI=1S/C14H11N3O3/c15-8-1-3-11-10(5-8)16-14(18)17(11)9-2-4-12-13(6-9)20-7-19-12/h1-6H,7,15H2,(H,16,18). The molecule has 1 aliphatic heterocycles. The van der Waals surface area contributed by atoms with Crippen molar-refractivity contribution in [3.8, 4) is 17.2 Å². The van der Waals surface area contributed by atoms with Gasteiger partial charge in [-0.15, -0.1) is 0 Å². The number of benzene rings is 2. The Morgan fingerprint density at radius 3 is 2.85 bits per heavy atom. The van der Waals surface area contributed by atoms with Gasteiger partial charge in [0.05, 0.1) is 16.7 Å². The molecule has 0 fully saturated rings. The van der Waals surface area contributed by atoms with Gasteiger partial charge in [-0.2, -0.15) is 0 Å². The summed E-state index contributed by atoms with van der Waals surface area (Å²) in [5, 5.41) is 0. The van der Waals surface area contributed by atoms with Crippen LogP contribution in [0.3, 0.4) is 0 Å². The van der Waals surface area contributed by atoms with Crippen molar-refractivity contribution in [3.63, 3.8) is 0 Å². The van der Waals surface area contributed by atoms with Gasteiger partial charge in [0.15, 0.2) is 11.5 Å². The SMILES string of the molecule is Nc1ccc2c(c1)[nH]c(=O)n2-c1ccc2c(c1)OCO2. The third-order valence-corrected chi connectivity index (χ3v) is 3.32. The Bertz CT molecular complexity index is 879. The molecule has 20 heavy (non-hydrogen) atoms. The first-order chi connectivity index (χ1) is 9.72. The van der Waals surface area contributed by atoms with Crippen molar-refractivity contribution in [2.45, 2.75) is 0 Å². The van der Waals surface area contributed by atoms with Crippen LogP contribution in [0.25, 0.3) is 16.7 Å². The van der Waals surface area contributed by atoms with Gasteiger partial charge in [0.25, 0.3) is 0 Å². The average molecular weight is 269 g/mol. The van der Waals surface area contributed by atoms with Gasteiger partial charge in [0.1, 0.15) is 0 Å². The number of aromatic nitrogens is 2. The average Bonchev–Trinajstić information content (AvgIpc) is 3.00. The second-order valence-corrected chi connectivity index (χ2v) is 4.58. The number of hydrogen-bond acceptors (Lipinski definition) is 4. The van der Waals surface area contributed by atoms with Gasteiger partial charge in [-0.25, -0.2) is 4.79 Å². The molecule has 0 unspecified atom stereocenters. The van der Waals surface area contributed by atoms with E-state index in [4.69, 9.17) is 15.2 Å². The molecule has 6 nitrogen and oxygen atoms in total. The lowest BCUT2D eigenvalue weighted by Gasteiger charge is -2.05. The fourth-order valence-electron chi connectivity index (χ4n) is 2.41. The number of anilines is 1. The lowest BCUT2D eigenvalue weighted by atomic mass is 10.2. The predicted molar refractivity (Wildman–Crippen MR) is 74.4 cm³/mol. The largest absolute Gasteiger partial charge is 0.454 e. The van der Waals surface area contributed by atoms with Gasteiger partial charge < -0.3 is 20.2 Å². The third kappa shape index (κ3) is 1.48. The Morgan fingerprint density at radius 1 is 1.10 bits per heavy atom. The number of nitrogen functional groups attached to an aromatic ring is 1. The van der Waals surface area contributed by atoms with Crippen molar-refractivity contribution in [3.05, 3.63) is 46.9 Å². The number of nitrogens with one attached hydrogen (secondary N) is 1. The molecular formula is C14H11N3O3. The molecule has 0 saturated carbocycles. The van der Waals surface area contributed by atoms with Crippen LogP contribution in [-0.4, -0.2) is 16.3 Å². The van der Waals surface area contributed by atoms with Crippen molar-refractivity contribution < 1.29 is 9.47 Å². The molecule has 0 amide bonds. The van der Waals surface area contributed by atoms with Gasteiger partial charge in [-0.1, -0.05) is 0 Å². The lowest BCUT2D eigenvalue weighted by molar-refractivity contribution is 0.174. The molecule has 0 atom stereocenters. The maximum absolute atomic E-state index is 12.1. The number of hydrogen-bond donors (Lipinski definition) is 2. The fraction of sp³-hybridized carbons (Fsp3) is 0.0714. The number of ether oxygens (including phenoxy) is 2. The lowest BCUT2D eigenvalue weighted by Crippen LogP contribution is -2.14. The highest BCUT2D eigenvalue weighted by Crippen LogP contribution is 2.34. The predicted octanol–water partition coefficient (Wildman–Crippen LogP) is 1.63. The first-order valence-electron chi connectivity index (χ1n) is 6.13. The Morgan fingerprint density at radius 2 is 1.95 bits per heavy atom. The van der Waals surface area contributed by atoms with Crippen molar-refractivity contribution >= 4 is 16.7 Å². The minimum atomic E-state index is -0.218. The Balaban J connectivity index is 1.98. The van der Waals surface area contributed by atoms with E-state index < -0.39 is 0 Å². The number of aromatic amines is 1. The summed E-state index contributed by atoms with van der Waals surface area (Å²) in [5.74, 6) is 1.32. The number of nitrogens with zero attached hydrogens (tertiary/aromatic N) is 1. The van der Waals surface area contributed by atoms with Crippen LogP contribution in [0.15, 0.2) is 41.2 Å². The van der Waals surface area contributed by atoms with E-state index in [-0.39, 0.29) is 12.5 Å². The molecular weight excluding hydrogens is 258 g/mol. The van der Waals surface area contributed by atoms with Crippen LogP contribution in [0.5, 0.6) is 11.5 Å². The molecule has 0 radical (unpaired) electrons. The van der Waals surface area contributed by atoms with E-state index in [9.17, 15) is 4.79 Å². The minimum absolute atomic E-state index is 0.206. The highest BCUT2D eigenvalue weighted by Gasteiger charge is 2.16. The van der Waals surface area contributed by atoms with Crippen molar-refractivity contribution in [2.24, 2.45) is 0 Å². The minimum Gasteiger partial charge on any atom is -0.454 e. The quantitative estimate of drug-likeness (QED) is 0.658. The summed E-state index contributed by atoms with van der Waals surface area (Å²) in [6, 6.07) is 10.7. The van der Waals surface area contributed by atoms with Gasteiger partial charge in [-0.3, -0.25) is 4.57 Å². The number of H-pyrrole nitrogens is 1. The Kier molecular flexibility index (Phi) is 2.09. The van der Waals surface area contributed by atoms with E-state index in [1.54, 1.807) is 28.8 Å². The van der Waals surface area contributed by atoms with Gasteiger partial charge in [0.2, 0.25) is 6.79 Å². The summed E-state index contributed by atoms with van der Waals surface area (Å²) >= 11 is 0. The maximum atomic E-state index is 12.1. The number of fused-ring (bicyclic) bond motifs is 2. The number of imidazole rings is 1. The molecule has 0 aliphatic carbocycles. The van der Waals surface area contributed by atoms with Crippen LogP contribution >= 0.6 is 0 Å². The zero-order chi connectivity index (χ0) is 13.7. The summed E-state index contributed by atoms with van der Waals surface area (Å²) in [4.78, 5) is 14.9. The van der Waals surface area contributed by atoms with Crippen LogP contribution < -0.4 is 20.9 Å². The van der Waals surface area contributed by atoms with E-state index in [0.717, 1.165) is 11.2 Å². The summed E-state index contributed by atoms with van der Waals surface area (Å²) in [6.07, 6.45) is 0. The van der Waals surface area contributed by atoms with E-state index in [1.807, 2.05) is 12.1 Å². The van der Waals surface area contributed by atoms with Crippen LogP contribution in [0, 0.1) is 0 Å². The molecule has 100 valence electrons. The fourth-order valence-corrected chi connectivity index (χ4v) is 2.41. The smallest absolute Gasteiger partial charge is 0.331 e. The van der Waals surface area contributed by atoms with E-state index in [0.29, 0.717) is 22.7 Å². The van der Waals surface area contributed by atoms with Gasteiger partial charge >= 0.3 is 5.69 Å². The maximum Gasteiger partial charge on any atom is 0.331 e. The van der Waals surface area contributed by atoms with Crippen molar-refractivity contribution in [1.29, 1.82) is 0 Å². The summed E-state index contributed by atoms with van der Waals surface area (Å²) in [7, 11) is 0. The first-order valence-corrected chi connectivity index (χ1v) is 6.13. The molecule has 2 heterocycles. The molecule has 1 aromatic heterocycles. The number of rotatable bonds is 1. The molecule has 3 N–H and O–H groups in total. The molecule has 0 spiro atoms. The van der Waals surface area contributed by atoms with E-state index in [1.165, 1.54) is 0 Å². The van der Waals surface area contributed by atoms with Crippen LogP contribution in [0.2, 0.25) is 0 Å². The van der Waals surface area contributed by atoms with Gasteiger partial charge in [-0.05, 0) is 30.3 Å². The first kappa shape index (κ1) is 11.0. The summed E-state index contributed by atoms with van der Waals surface area (Å²) in [5.41, 5.74) is 8.30. The number of nitrogens with two attached hydrogens (primary N) is 1. The molecule has 0 saturated heterocycles. The Hall–Kier alpha value is -2.89. The van der Waals surface area contributed by atoms with Crippen LogP contribution in [0.4, 0.5) is 5.69 Å². The monoisotopic (exact) mass is 269 g/mol. The molecule has 3 aromatic rings. The molecule has 4 rings (SSSR count). The highest BCUT2D eigenvalue weighted by molar-refractivity contribution is 5.80. The summed E-state index contributed by atoms with van der Waals surface area (Å²) in [6.45, 7) is 0.206.